The Morgan fingerprint density at radius 2 is 1.70 bits per heavy atom. The average Bonchev–Trinajstić information content (AvgIpc) is 3.47. The van der Waals surface area contributed by atoms with Gasteiger partial charge in [-0.1, -0.05) is 73.5 Å². The number of nitrogens with two attached hydrogens (primary N) is 1. The fraction of sp³-hybridized carbons (Fsp3) is 0.438. The van der Waals surface area contributed by atoms with Crippen molar-refractivity contribution in [1.82, 2.24) is 19.7 Å². The number of aliphatic hydroxyl groups is 1. The van der Waals surface area contributed by atoms with E-state index in [1.165, 1.54) is 0 Å². The summed E-state index contributed by atoms with van der Waals surface area (Å²) in [5.74, 6) is 0. The third-order valence-electron chi connectivity index (χ3n) is 9.45. The number of nitrogens with one attached hydrogen (secondary N) is 1. The minimum absolute atomic E-state index is 0.0209. The molecule has 2 aromatic carbocycles. The van der Waals surface area contributed by atoms with Crippen LogP contribution in [-0.2, 0) is 6.54 Å². The number of anilines is 1. The van der Waals surface area contributed by atoms with Gasteiger partial charge in [-0.25, -0.2) is 4.79 Å². The summed E-state index contributed by atoms with van der Waals surface area (Å²) in [5.41, 5.74) is 7.91. The van der Waals surface area contributed by atoms with Gasteiger partial charge in [0.2, 0.25) is 0 Å². The SMILES string of the molecule is Nc1cn(CC2(O)CCN(C(=O)N3CCNCC3c3ccccc3)CC23CCCC3)c(=O)cc1-c1ccccc1. The Hall–Kier alpha value is -3.62. The molecule has 3 aromatic rings. The highest BCUT2D eigenvalue weighted by Crippen LogP contribution is 2.52. The monoisotopic (exact) mass is 541 g/mol. The summed E-state index contributed by atoms with van der Waals surface area (Å²) in [6.45, 7) is 3.26. The quantitative estimate of drug-likeness (QED) is 0.465. The minimum Gasteiger partial charge on any atom is -0.397 e. The van der Waals surface area contributed by atoms with Crippen LogP contribution in [0.4, 0.5) is 10.5 Å². The van der Waals surface area contributed by atoms with Crippen LogP contribution in [0.25, 0.3) is 11.1 Å². The van der Waals surface area contributed by atoms with E-state index < -0.39 is 11.0 Å². The largest absolute Gasteiger partial charge is 0.397 e. The highest BCUT2D eigenvalue weighted by molar-refractivity contribution is 5.76. The van der Waals surface area contributed by atoms with Crippen LogP contribution in [-0.4, -0.2) is 63.8 Å². The molecule has 1 aromatic heterocycles. The van der Waals surface area contributed by atoms with Gasteiger partial charge in [0.25, 0.3) is 5.56 Å². The molecule has 1 aliphatic carbocycles. The zero-order valence-electron chi connectivity index (χ0n) is 23.0. The summed E-state index contributed by atoms with van der Waals surface area (Å²) >= 11 is 0. The van der Waals surface area contributed by atoms with Crippen LogP contribution in [0.1, 0.15) is 43.7 Å². The highest BCUT2D eigenvalue weighted by Gasteiger charge is 2.56. The minimum atomic E-state index is -1.10. The molecule has 3 fully saturated rings. The van der Waals surface area contributed by atoms with E-state index in [1.54, 1.807) is 16.8 Å². The smallest absolute Gasteiger partial charge is 0.320 e. The van der Waals surface area contributed by atoms with Crippen molar-refractivity contribution in [1.29, 1.82) is 0 Å². The summed E-state index contributed by atoms with van der Waals surface area (Å²) in [4.78, 5) is 31.2. The Labute approximate surface area is 235 Å². The fourth-order valence-corrected chi connectivity index (χ4v) is 7.21. The lowest BCUT2D eigenvalue weighted by molar-refractivity contribution is -0.136. The second-order valence-corrected chi connectivity index (χ2v) is 11.8. The van der Waals surface area contributed by atoms with E-state index in [0.717, 1.165) is 49.9 Å². The summed E-state index contributed by atoms with van der Waals surface area (Å²) < 4.78 is 1.57. The summed E-state index contributed by atoms with van der Waals surface area (Å²) in [6.07, 6.45) is 5.79. The maximum absolute atomic E-state index is 14.0. The number of aromatic nitrogens is 1. The summed E-state index contributed by atoms with van der Waals surface area (Å²) in [6, 6.07) is 21.4. The molecule has 3 heterocycles. The van der Waals surface area contributed by atoms with Gasteiger partial charge in [0.05, 0.1) is 23.9 Å². The number of piperazine rings is 1. The number of amides is 2. The van der Waals surface area contributed by atoms with E-state index >= 15 is 0 Å². The number of rotatable bonds is 4. The zero-order chi connectivity index (χ0) is 27.7. The van der Waals surface area contributed by atoms with Crippen LogP contribution in [0.2, 0.25) is 0 Å². The van der Waals surface area contributed by atoms with Crippen molar-refractivity contribution in [3.63, 3.8) is 0 Å². The van der Waals surface area contributed by atoms with Gasteiger partial charge >= 0.3 is 6.03 Å². The van der Waals surface area contributed by atoms with Gasteiger partial charge in [-0.3, -0.25) is 4.79 Å². The third kappa shape index (κ3) is 4.80. The Morgan fingerprint density at radius 3 is 2.42 bits per heavy atom. The molecule has 0 bridgehead atoms. The second-order valence-electron chi connectivity index (χ2n) is 11.8. The molecule has 2 saturated heterocycles. The van der Waals surface area contributed by atoms with E-state index in [1.807, 2.05) is 58.3 Å². The predicted octanol–water partition coefficient (Wildman–Crippen LogP) is 3.86. The molecule has 1 saturated carbocycles. The molecule has 6 rings (SSSR count). The summed E-state index contributed by atoms with van der Waals surface area (Å²) in [5, 5.41) is 15.7. The van der Waals surface area contributed by atoms with Crippen molar-refractivity contribution in [3.8, 4) is 11.1 Å². The normalized spacial score (nSPS) is 24.4. The van der Waals surface area contributed by atoms with Gasteiger partial charge < -0.3 is 30.5 Å². The van der Waals surface area contributed by atoms with E-state index in [-0.39, 0.29) is 24.2 Å². The number of nitrogen functional groups attached to an aromatic ring is 1. The number of hydrogen-bond acceptors (Lipinski definition) is 5. The van der Waals surface area contributed by atoms with E-state index in [4.69, 9.17) is 5.73 Å². The van der Waals surface area contributed by atoms with Gasteiger partial charge in [0.1, 0.15) is 0 Å². The van der Waals surface area contributed by atoms with E-state index in [9.17, 15) is 14.7 Å². The Bertz CT molecular complexity index is 1400. The van der Waals surface area contributed by atoms with Crippen LogP contribution in [0.3, 0.4) is 0 Å². The number of hydrogen-bond donors (Lipinski definition) is 3. The standard InChI is InChI=1S/C32H39N5O3/c33-27-21-36(29(38)19-26(27)24-9-3-1-4-10-24)23-32(40)15-17-35(22-31(32)13-7-8-14-31)30(39)37-18-16-34-20-28(37)25-11-5-2-6-12-25/h1-6,9-12,19,21,28,34,40H,7-8,13-18,20,22-23,33H2. The van der Waals surface area contributed by atoms with Crippen molar-refractivity contribution < 1.29 is 9.90 Å². The van der Waals surface area contributed by atoms with Crippen LogP contribution in [0.5, 0.6) is 0 Å². The van der Waals surface area contributed by atoms with E-state index in [0.29, 0.717) is 37.3 Å². The molecule has 8 heteroatoms. The van der Waals surface area contributed by atoms with E-state index in [2.05, 4.69) is 17.4 Å². The van der Waals surface area contributed by atoms with Crippen LogP contribution in [0.15, 0.2) is 77.7 Å². The Morgan fingerprint density at radius 1 is 1.00 bits per heavy atom. The van der Waals surface area contributed by atoms with Crippen molar-refractivity contribution in [2.75, 3.05) is 38.5 Å². The molecule has 3 aliphatic rings. The molecule has 8 nitrogen and oxygen atoms in total. The molecule has 2 atom stereocenters. The summed E-state index contributed by atoms with van der Waals surface area (Å²) in [7, 11) is 0. The maximum Gasteiger partial charge on any atom is 0.320 e. The number of carbonyl (C=O) groups excluding carboxylic acids is 1. The molecular formula is C32H39N5O3. The van der Waals surface area contributed by atoms with Crippen molar-refractivity contribution >= 4 is 11.7 Å². The van der Waals surface area contributed by atoms with Gasteiger partial charge in [-0.05, 0) is 30.4 Å². The Kier molecular flexibility index (Phi) is 7.15. The van der Waals surface area contributed by atoms with Crippen LogP contribution < -0.4 is 16.6 Å². The van der Waals surface area contributed by atoms with Crippen LogP contribution in [0, 0.1) is 5.41 Å². The molecule has 0 radical (unpaired) electrons. The first-order valence-electron chi connectivity index (χ1n) is 14.5. The van der Waals surface area contributed by atoms with Crippen molar-refractivity contribution in [3.05, 3.63) is 88.8 Å². The predicted molar refractivity (Wildman–Crippen MR) is 157 cm³/mol. The number of nitrogens with zero attached hydrogens (tertiary/aromatic N) is 3. The average molecular weight is 542 g/mol. The van der Waals surface area contributed by atoms with Crippen molar-refractivity contribution in [2.45, 2.75) is 50.3 Å². The second kappa shape index (κ2) is 10.7. The molecule has 2 amide bonds. The first-order valence-corrected chi connectivity index (χ1v) is 14.5. The molecular weight excluding hydrogens is 502 g/mol. The van der Waals surface area contributed by atoms with Gasteiger partial charge in [0.15, 0.2) is 0 Å². The lowest BCUT2D eigenvalue weighted by Gasteiger charge is -2.53. The number of piperidine rings is 1. The number of pyridine rings is 1. The van der Waals surface area contributed by atoms with Crippen molar-refractivity contribution in [2.24, 2.45) is 5.41 Å². The number of benzene rings is 2. The topological polar surface area (TPSA) is 104 Å². The molecule has 1 spiro atoms. The molecule has 40 heavy (non-hydrogen) atoms. The number of likely N-dealkylation sites (tertiary alicyclic amines) is 1. The fourth-order valence-electron chi connectivity index (χ4n) is 7.21. The molecule has 210 valence electrons. The van der Waals surface area contributed by atoms with Gasteiger partial charge in [0, 0.05) is 56.0 Å². The lowest BCUT2D eigenvalue weighted by Crippen LogP contribution is -2.64. The van der Waals surface area contributed by atoms with Gasteiger partial charge in [-0.2, -0.15) is 0 Å². The third-order valence-corrected chi connectivity index (χ3v) is 9.45. The first-order chi connectivity index (χ1) is 19.4. The zero-order valence-corrected chi connectivity index (χ0v) is 23.0. The lowest BCUT2D eigenvalue weighted by atomic mass is 9.66. The highest BCUT2D eigenvalue weighted by atomic mass is 16.3. The molecule has 2 unspecified atom stereocenters. The molecule has 2 aliphatic heterocycles. The van der Waals surface area contributed by atoms with Gasteiger partial charge in [-0.15, -0.1) is 0 Å². The Balaban J connectivity index is 1.24. The van der Waals surface area contributed by atoms with Crippen LogP contribution >= 0.6 is 0 Å². The number of urea groups is 1. The first kappa shape index (κ1) is 26.6. The molecule has 4 N–H and O–H groups in total. The maximum atomic E-state index is 14.0. The number of carbonyl (C=O) groups is 1.